The van der Waals surface area contributed by atoms with E-state index in [1.807, 2.05) is 0 Å². The van der Waals surface area contributed by atoms with Gasteiger partial charge in [-0.2, -0.15) is 26.3 Å². The Hall–Kier alpha value is -3.06. The second-order valence-corrected chi connectivity index (χ2v) is 8.66. The number of benzene rings is 2. The van der Waals surface area contributed by atoms with Crippen LogP contribution >= 0.6 is 0 Å². The van der Waals surface area contributed by atoms with Gasteiger partial charge in [0.2, 0.25) is 5.41 Å². The summed E-state index contributed by atoms with van der Waals surface area (Å²) < 4.78 is 100. The van der Waals surface area contributed by atoms with E-state index >= 15 is 0 Å². The Bertz CT molecular complexity index is 1030. The molecular weight excluding hydrogens is 534 g/mol. The van der Waals surface area contributed by atoms with Crippen molar-refractivity contribution in [3.63, 3.8) is 0 Å². The number of aliphatic hydroxyl groups is 4. The van der Waals surface area contributed by atoms with Gasteiger partial charge in [-0.25, -0.2) is 0 Å². The van der Waals surface area contributed by atoms with Crippen LogP contribution in [-0.4, -0.2) is 71.4 Å². The van der Waals surface area contributed by atoms with Gasteiger partial charge in [0.25, 0.3) is 0 Å². The summed E-state index contributed by atoms with van der Waals surface area (Å²) in [6.45, 7) is 4.70. The smallest absolute Gasteiger partial charge is 0.411 e. The molecule has 2 aromatic carbocycles. The summed E-state index contributed by atoms with van der Waals surface area (Å²) in [5, 5.41) is 36.9. The standard InChI is InChI=1S/C27H30F6O6/c1-3-5-17-11-21(38-15-19(36)13-34)7-9-23(17)25(26(28,29)30,27(31,32)33)24-10-8-22(12-18(24)6-4-2)39-16-20(37)14-35/h3-4,7-12,19-20,34-37H,1-2,5-6,13-16H2. The van der Waals surface area contributed by atoms with Crippen molar-refractivity contribution in [2.45, 2.75) is 42.8 Å². The van der Waals surface area contributed by atoms with Crippen LogP contribution in [0, 0.1) is 0 Å². The van der Waals surface area contributed by atoms with Crippen LogP contribution in [0.15, 0.2) is 61.7 Å². The molecule has 39 heavy (non-hydrogen) atoms. The molecule has 0 amide bonds. The lowest BCUT2D eigenvalue weighted by Gasteiger charge is -2.40. The molecule has 0 saturated heterocycles. The van der Waals surface area contributed by atoms with Gasteiger partial charge < -0.3 is 29.9 Å². The molecule has 2 aromatic rings. The van der Waals surface area contributed by atoms with Crippen LogP contribution in [0.25, 0.3) is 0 Å². The number of hydrogen-bond acceptors (Lipinski definition) is 6. The zero-order valence-corrected chi connectivity index (χ0v) is 20.8. The van der Waals surface area contributed by atoms with E-state index in [0.717, 1.165) is 36.4 Å². The molecule has 2 unspecified atom stereocenters. The Balaban J connectivity index is 2.86. The van der Waals surface area contributed by atoms with Crippen molar-refractivity contribution in [2.24, 2.45) is 0 Å². The average Bonchev–Trinajstić information content (AvgIpc) is 2.86. The quantitative estimate of drug-likeness (QED) is 0.205. The third-order valence-electron chi connectivity index (χ3n) is 5.85. The van der Waals surface area contributed by atoms with E-state index in [1.165, 1.54) is 0 Å². The summed E-state index contributed by atoms with van der Waals surface area (Å²) in [6.07, 6.45) is -12.8. The summed E-state index contributed by atoms with van der Waals surface area (Å²) in [7, 11) is 0. The van der Waals surface area contributed by atoms with Gasteiger partial charge in [0.15, 0.2) is 0 Å². The van der Waals surface area contributed by atoms with Gasteiger partial charge in [0.05, 0.1) is 13.2 Å². The molecule has 216 valence electrons. The molecule has 0 aliphatic rings. The number of aliphatic hydroxyl groups excluding tert-OH is 4. The number of allylic oxidation sites excluding steroid dienone is 2. The normalized spacial score (nSPS) is 14.0. The molecule has 0 radical (unpaired) electrons. The largest absolute Gasteiger partial charge is 0.491 e. The second kappa shape index (κ2) is 13.3. The van der Waals surface area contributed by atoms with E-state index in [9.17, 15) is 36.6 Å². The number of hydrogen-bond donors (Lipinski definition) is 4. The van der Waals surface area contributed by atoms with E-state index in [-0.39, 0.29) is 35.5 Å². The second-order valence-electron chi connectivity index (χ2n) is 8.66. The molecule has 0 fully saturated rings. The molecule has 0 aliphatic heterocycles. The zero-order valence-electron chi connectivity index (χ0n) is 20.8. The topological polar surface area (TPSA) is 99.4 Å². The minimum atomic E-state index is -5.87. The number of alkyl halides is 6. The summed E-state index contributed by atoms with van der Waals surface area (Å²) >= 11 is 0. The van der Waals surface area contributed by atoms with E-state index in [4.69, 9.17) is 19.7 Å². The first-order valence-corrected chi connectivity index (χ1v) is 11.7. The van der Waals surface area contributed by atoms with Gasteiger partial charge in [0, 0.05) is 0 Å². The highest BCUT2D eigenvalue weighted by molar-refractivity contribution is 5.54. The van der Waals surface area contributed by atoms with Gasteiger partial charge >= 0.3 is 12.4 Å². The lowest BCUT2D eigenvalue weighted by molar-refractivity contribution is -0.289. The van der Waals surface area contributed by atoms with E-state index in [0.29, 0.717) is 12.1 Å². The molecule has 2 atom stereocenters. The predicted molar refractivity (Wildman–Crippen MR) is 131 cm³/mol. The fraction of sp³-hybridized carbons (Fsp3) is 0.407. The number of halogens is 6. The van der Waals surface area contributed by atoms with Crippen molar-refractivity contribution in [1.29, 1.82) is 0 Å². The SMILES string of the molecule is C=CCc1cc(OCC(O)CO)ccc1C(c1ccc(OCC(O)CO)cc1CC=C)(C(F)(F)F)C(F)(F)F. The highest BCUT2D eigenvalue weighted by Crippen LogP contribution is 2.58. The summed E-state index contributed by atoms with van der Waals surface area (Å²) in [4.78, 5) is 0. The van der Waals surface area contributed by atoms with Crippen LogP contribution in [0.3, 0.4) is 0 Å². The minimum absolute atomic E-state index is 0.112. The maximum absolute atomic E-state index is 14.9. The molecular formula is C27H30F6O6. The molecule has 0 aromatic heterocycles. The molecule has 0 spiro atoms. The Kier molecular flexibility index (Phi) is 11.0. The lowest BCUT2D eigenvalue weighted by atomic mass is 9.69. The Morgan fingerprint density at radius 2 is 1.05 bits per heavy atom. The highest BCUT2D eigenvalue weighted by Gasteiger charge is 2.73. The van der Waals surface area contributed by atoms with E-state index < -0.39 is 67.5 Å². The molecule has 0 heterocycles. The predicted octanol–water partition coefficient (Wildman–Crippen LogP) is 4.02. The Morgan fingerprint density at radius 3 is 1.33 bits per heavy atom. The number of rotatable bonds is 14. The van der Waals surface area contributed by atoms with E-state index in [2.05, 4.69) is 13.2 Å². The molecule has 4 N–H and O–H groups in total. The van der Waals surface area contributed by atoms with Crippen molar-refractivity contribution in [1.82, 2.24) is 0 Å². The van der Waals surface area contributed by atoms with Gasteiger partial charge in [-0.15, -0.1) is 13.2 Å². The van der Waals surface area contributed by atoms with Gasteiger partial charge in [-0.3, -0.25) is 0 Å². The van der Waals surface area contributed by atoms with Crippen molar-refractivity contribution < 1.29 is 56.2 Å². The Labute approximate surface area is 221 Å². The van der Waals surface area contributed by atoms with Crippen molar-refractivity contribution >= 4 is 0 Å². The first kappa shape index (κ1) is 32.2. The molecule has 6 nitrogen and oxygen atoms in total. The monoisotopic (exact) mass is 564 g/mol. The van der Waals surface area contributed by atoms with Crippen LogP contribution in [0.5, 0.6) is 11.5 Å². The molecule has 12 heteroatoms. The average molecular weight is 565 g/mol. The third-order valence-corrected chi connectivity index (χ3v) is 5.85. The van der Waals surface area contributed by atoms with Crippen LogP contribution in [-0.2, 0) is 18.3 Å². The van der Waals surface area contributed by atoms with Crippen LogP contribution in [0.1, 0.15) is 22.3 Å². The van der Waals surface area contributed by atoms with Crippen LogP contribution < -0.4 is 9.47 Å². The van der Waals surface area contributed by atoms with Crippen LogP contribution in [0.4, 0.5) is 26.3 Å². The first-order chi connectivity index (χ1) is 18.3. The summed E-state index contributed by atoms with van der Waals surface area (Å²) in [5.41, 5.74) is -7.40. The summed E-state index contributed by atoms with van der Waals surface area (Å²) in [6, 6.07) is 5.24. The maximum Gasteiger partial charge on any atom is 0.411 e. The highest BCUT2D eigenvalue weighted by atomic mass is 19.4. The fourth-order valence-electron chi connectivity index (χ4n) is 4.11. The third kappa shape index (κ3) is 7.13. The first-order valence-electron chi connectivity index (χ1n) is 11.7. The molecule has 0 aliphatic carbocycles. The van der Waals surface area contributed by atoms with Gasteiger partial charge in [-0.05, 0) is 59.4 Å². The van der Waals surface area contributed by atoms with Crippen molar-refractivity contribution in [3.05, 3.63) is 84.0 Å². The van der Waals surface area contributed by atoms with Gasteiger partial charge in [-0.1, -0.05) is 24.3 Å². The Morgan fingerprint density at radius 1 is 0.692 bits per heavy atom. The zero-order chi connectivity index (χ0) is 29.4. The number of ether oxygens (including phenoxy) is 2. The molecule has 0 bridgehead atoms. The van der Waals surface area contributed by atoms with Crippen molar-refractivity contribution in [3.8, 4) is 11.5 Å². The van der Waals surface area contributed by atoms with Crippen molar-refractivity contribution in [2.75, 3.05) is 26.4 Å². The molecule has 0 saturated carbocycles. The van der Waals surface area contributed by atoms with Crippen LogP contribution in [0.2, 0.25) is 0 Å². The summed E-state index contributed by atoms with van der Waals surface area (Å²) in [5.74, 6) is -0.224. The fourth-order valence-corrected chi connectivity index (χ4v) is 4.11. The lowest BCUT2D eigenvalue weighted by Crippen LogP contribution is -2.55. The molecule has 2 rings (SSSR count). The minimum Gasteiger partial charge on any atom is -0.491 e. The van der Waals surface area contributed by atoms with Gasteiger partial charge in [0.1, 0.15) is 36.9 Å². The maximum atomic E-state index is 14.9. The van der Waals surface area contributed by atoms with E-state index in [1.54, 1.807) is 0 Å².